The Morgan fingerprint density at radius 3 is 1.63 bits per heavy atom. The minimum atomic E-state index is -3.83. The molecule has 12 nitrogen and oxygen atoms in total. The Morgan fingerprint density at radius 2 is 1.14 bits per heavy atom. The summed E-state index contributed by atoms with van der Waals surface area (Å²) in [6.45, 7) is 3.57. The van der Waals surface area contributed by atoms with Crippen LogP contribution in [-0.2, 0) is 19.7 Å². The summed E-state index contributed by atoms with van der Waals surface area (Å²) in [6.07, 6.45) is 5.07. The molecule has 8 aromatic rings. The first-order valence-corrected chi connectivity index (χ1v) is 21.3. The number of halogens is 2. The van der Waals surface area contributed by atoms with E-state index < -0.39 is 43.4 Å². The van der Waals surface area contributed by atoms with E-state index in [4.69, 9.17) is 10.7 Å². The SMILES string of the molecule is CC(N)c1nc2cccc(F)c2c(S(C)(=O)=O)c1-c1ccccc1.CC(Nc1ncnc2nc[nH]c12)c1nc2cccc(F)c2c(S(C)(=O)=O)c1-c1ccccc1. The molecule has 0 saturated heterocycles. The van der Waals surface area contributed by atoms with E-state index in [2.05, 4.69) is 30.2 Å². The summed E-state index contributed by atoms with van der Waals surface area (Å²) >= 11 is 0. The van der Waals surface area contributed by atoms with Crippen LogP contribution in [0.5, 0.6) is 0 Å². The Hall–Kier alpha value is -6.23. The molecule has 0 spiro atoms. The smallest absolute Gasteiger partial charge is 0.182 e. The Bertz CT molecular complexity index is 3020. The van der Waals surface area contributed by atoms with Crippen LogP contribution in [0.25, 0.3) is 55.2 Å². The lowest BCUT2D eigenvalue weighted by molar-refractivity contribution is 0.599. The predicted molar refractivity (Wildman–Crippen MR) is 217 cm³/mol. The van der Waals surface area contributed by atoms with Gasteiger partial charge in [0.25, 0.3) is 0 Å². The number of anilines is 1. The standard InChI is InChI=1S/C23H19FN6O2S.C18H17FN2O2S/c1-13(29-23-20-22(26-11-25-20)27-12-28-23)19-17(14-7-4-3-5-8-14)21(33(2,31)32)18-15(24)9-6-10-16(18)30-19;1-11(20)17-15(12-7-4-3-5-8-12)18(24(2,22)23)16-13(19)9-6-10-14(16)21-17/h3-13H,1-2H3,(H2,25,26,27,28,29);3-11H,20H2,1-2H3. The van der Waals surface area contributed by atoms with Gasteiger partial charge in [0.15, 0.2) is 31.1 Å². The normalized spacial score (nSPS) is 13.0. The Kier molecular flexibility index (Phi) is 10.5. The number of H-pyrrole nitrogens is 1. The molecule has 0 aliphatic carbocycles. The predicted octanol–water partition coefficient (Wildman–Crippen LogP) is 7.75. The van der Waals surface area contributed by atoms with Gasteiger partial charge in [-0.05, 0) is 49.2 Å². The van der Waals surface area contributed by atoms with E-state index in [-0.39, 0.29) is 31.6 Å². The van der Waals surface area contributed by atoms with Crippen molar-refractivity contribution in [3.8, 4) is 22.3 Å². The van der Waals surface area contributed by atoms with Crippen LogP contribution < -0.4 is 11.1 Å². The molecule has 8 rings (SSSR count). The van der Waals surface area contributed by atoms with Crippen molar-refractivity contribution in [2.75, 3.05) is 17.8 Å². The van der Waals surface area contributed by atoms with Crippen LogP contribution in [0.1, 0.15) is 37.3 Å². The Labute approximate surface area is 327 Å². The van der Waals surface area contributed by atoms with Gasteiger partial charge in [0.05, 0.1) is 55.4 Å². The van der Waals surface area contributed by atoms with Gasteiger partial charge in [-0.2, -0.15) is 0 Å². The van der Waals surface area contributed by atoms with Crippen molar-refractivity contribution in [3.63, 3.8) is 0 Å². The molecule has 4 aromatic carbocycles. The topological polar surface area (TPSA) is 187 Å². The first-order valence-electron chi connectivity index (χ1n) is 17.6. The number of hydrogen-bond acceptors (Lipinski definition) is 11. The molecule has 0 aliphatic heterocycles. The number of nitrogens with two attached hydrogens (primary N) is 1. The van der Waals surface area contributed by atoms with Gasteiger partial charge < -0.3 is 16.0 Å². The monoisotopic (exact) mass is 806 g/mol. The lowest BCUT2D eigenvalue weighted by Gasteiger charge is -2.22. The van der Waals surface area contributed by atoms with Crippen molar-refractivity contribution in [2.45, 2.75) is 35.7 Å². The van der Waals surface area contributed by atoms with Crippen LogP contribution in [0.4, 0.5) is 14.6 Å². The second-order valence-corrected chi connectivity index (χ2v) is 17.3. The highest BCUT2D eigenvalue weighted by atomic mass is 32.2. The molecular formula is C41H36F2N8O4S2. The fraction of sp³-hybridized carbons (Fsp3) is 0.146. The number of imidazole rings is 1. The summed E-state index contributed by atoms with van der Waals surface area (Å²) < 4.78 is 80.5. The summed E-state index contributed by atoms with van der Waals surface area (Å²) in [5, 5.41) is 3.26. The third-order valence-electron chi connectivity index (χ3n) is 9.17. The first-order chi connectivity index (χ1) is 27.1. The van der Waals surface area contributed by atoms with Gasteiger partial charge in [-0.3, -0.25) is 4.98 Å². The van der Waals surface area contributed by atoms with E-state index in [9.17, 15) is 25.6 Å². The van der Waals surface area contributed by atoms with Crippen LogP contribution in [-0.4, -0.2) is 59.3 Å². The van der Waals surface area contributed by atoms with Gasteiger partial charge >= 0.3 is 0 Å². The zero-order valence-electron chi connectivity index (χ0n) is 31.1. The number of pyridine rings is 2. The summed E-state index contributed by atoms with van der Waals surface area (Å²) in [6, 6.07) is 25.6. The summed E-state index contributed by atoms with van der Waals surface area (Å²) in [7, 11) is -7.56. The van der Waals surface area contributed by atoms with E-state index in [0.29, 0.717) is 50.6 Å². The largest absolute Gasteiger partial charge is 0.360 e. The number of hydrogen-bond donors (Lipinski definition) is 3. The molecule has 0 radical (unpaired) electrons. The number of benzene rings is 4. The van der Waals surface area contributed by atoms with Crippen LogP contribution in [0.3, 0.4) is 0 Å². The zero-order chi connectivity index (χ0) is 40.6. The minimum Gasteiger partial charge on any atom is -0.360 e. The number of fused-ring (bicyclic) bond motifs is 3. The fourth-order valence-electron chi connectivity index (χ4n) is 6.82. The minimum absolute atomic E-state index is 0.00301. The molecule has 2 atom stereocenters. The molecule has 0 amide bonds. The van der Waals surface area contributed by atoms with Gasteiger partial charge in [0.1, 0.15) is 23.5 Å². The highest BCUT2D eigenvalue weighted by Gasteiger charge is 2.29. The fourth-order valence-corrected chi connectivity index (χ4v) is 9.15. The lowest BCUT2D eigenvalue weighted by Crippen LogP contribution is -2.15. The molecule has 0 aliphatic rings. The number of nitrogens with zero attached hydrogens (tertiary/aromatic N) is 5. The second kappa shape index (κ2) is 15.4. The lowest BCUT2D eigenvalue weighted by atomic mass is 9.97. The quantitative estimate of drug-likeness (QED) is 0.136. The van der Waals surface area contributed by atoms with Crippen molar-refractivity contribution in [1.29, 1.82) is 0 Å². The number of nitrogens with one attached hydrogen (secondary N) is 2. The van der Waals surface area contributed by atoms with E-state index >= 15 is 0 Å². The molecule has 2 unspecified atom stereocenters. The molecular weight excluding hydrogens is 771 g/mol. The number of aromatic amines is 1. The molecule has 0 bridgehead atoms. The first kappa shape index (κ1) is 39.0. The number of rotatable bonds is 8. The van der Waals surface area contributed by atoms with Crippen LogP contribution in [0.2, 0.25) is 0 Å². The van der Waals surface area contributed by atoms with Crippen LogP contribution in [0, 0.1) is 11.6 Å². The summed E-state index contributed by atoms with van der Waals surface area (Å²) in [5.74, 6) is -0.764. The van der Waals surface area contributed by atoms with Crippen molar-refractivity contribution in [3.05, 3.63) is 133 Å². The van der Waals surface area contributed by atoms with Gasteiger partial charge in [0, 0.05) is 29.7 Å². The Balaban J connectivity index is 0.000000183. The van der Waals surface area contributed by atoms with Crippen LogP contribution >= 0.6 is 0 Å². The molecule has 57 heavy (non-hydrogen) atoms. The van der Waals surface area contributed by atoms with Crippen molar-refractivity contribution >= 4 is 58.5 Å². The molecule has 16 heteroatoms. The summed E-state index contributed by atoms with van der Waals surface area (Å²) in [4.78, 5) is 24.6. The number of aromatic nitrogens is 6. The molecule has 4 heterocycles. The van der Waals surface area contributed by atoms with Gasteiger partial charge in [-0.1, -0.05) is 72.8 Å². The van der Waals surface area contributed by atoms with Crippen molar-refractivity contribution in [2.24, 2.45) is 5.73 Å². The van der Waals surface area contributed by atoms with E-state index in [1.165, 1.54) is 36.9 Å². The Morgan fingerprint density at radius 1 is 0.649 bits per heavy atom. The highest BCUT2D eigenvalue weighted by molar-refractivity contribution is 7.91. The molecule has 4 aromatic heterocycles. The molecule has 4 N–H and O–H groups in total. The van der Waals surface area contributed by atoms with Gasteiger partial charge in [-0.25, -0.2) is 45.6 Å². The third-order valence-corrected chi connectivity index (χ3v) is 11.5. The average molecular weight is 807 g/mol. The highest BCUT2D eigenvalue weighted by Crippen LogP contribution is 2.41. The van der Waals surface area contributed by atoms with Gasteiger partial charge in [-0.15, -0.1) is 0 Å². The maximum absolute atomic E-state index is 14.9. The van der Waals surface area contributed by atoms with Crippen LogP contribution in [0.15, 0.2) is 120 Å². The maximum Gasteiger partial charge on any atom is 0.182 e. The third kappa shape index (κ3) is 7.66. The number of sulfone groups is 2. The molecule has 0 fully saturated rings. The van der Waals surface area contributed by atoms with E-state index in [0.717, 1.165) is 12.5 Å². The van der Waals surface area contributed by atoms with Crippen molar-refractivity contribution in [1.82, 2.24) is 29.9 Å². The molecule has 290 valence electrons. The van der Waals surface area contributed by atoms with Crippen molar-refractivity contribution < 1.29 is 25.6 Å². The van der Waals surface area contributed by atoms with E-state index in [1.54, 1.807) is 67.6 Å². The van der Waals surface area contributed by atoms with Gasteiger partial charge in [0.2, 0.25) is 0 Å². The van der Waals surface area contributed by atoms with E-state index in [1.807, 2.05) is 19.1 Å². The summed E-state index contributed by atoms with van der Waals surface area (Å²) in [5.41, 5.74) is 10.5. The maximum atomic E-state index is 14.9. The second-order valence-electron chi connectivity index (χ2n) is 13.4. The zero-order valence-corrected chi connectivity index (χ0v) is 32.7. The average Bonchev–Trinajstić information content (AvgIpc) is 3.67. The molecule has 0 saturated carbocycles.